The highest BCUT2D eigenvalue weighted by molar-refractivity contribution is 5.68. The summed E-state index contributed by atoms with van der Waals surface area (Å²) in [6.45, 7) is 12.5. The number of nitrogens with zero attached hydrogens (tertiary/aromatic N) is 4. The Labute approximate surface area is 319 Å². The van der Waals surface area contributed by atoms with Gasteiger partial charge in [0.2, 0.25) is 11.8 Å². The van der Waals surface area contributed by atoms with Gasteiger partial charge in [0.15, 0.2) is 0 Å². The van der Waals surface area contributed by atoms with Crippen molar-refractivity contribution in [2.24, 2.45) is 5.41 Å². The molecule has 2 atom stereocenters. The largest absolute Gasteiger partial charge is 0.508 e. The topological polar surface area (TPSA) is 155 Å². The zero-order valence-electron chi connectivity index (χ0n) is 31.8. The molecule has 294 valence electrons. The van der Waals surface area contributed by atoms with Gasteiger partial charge in [-0.2, -0.15) is 9.97 Å². The normalized spacial score (nSPS) is 18.7. The standard InChI is InChI=1S/C24H32N2O5.C17H18N2O5/c1-24(2,3)8-4-10-29-18-5-6-20-17(13-18)7-9-26-21(20)14-22(25-23(26)27)31-16-19-15-28-11-12-30-19;20-12-1-2-14-11(7-12)3-4-19-15(14)8-16(18-17(19)21)24-10-13-9-22-5-6-23-13/h5-6,13-14,19H,4,7-12,15-16H2,1-3H3;1-2,7-8,13,20H,3-6,9-10H2/t19-;13-/m00/s1. The second-order valence-corrected chi connectivity index (χ2v) is 15.3. The van der Waals surface area contributed by atoms with E-state index in [-0.39, 0.29) is 35.2 Å². The van der Waals surface area contributed by atoms with Crippen LogP contribution in [0.1, 0.15) is 44.7 Å². The summed E-state index contributed by atoms with van der Waals surface area (Å²) in [4.78, 5) is 32.9. The molecule has 0 radical (unpaired) electrons. The first-order chi connectivity index (χ1) is 26.6. The lowest BCUT2D eigenvalue weighted by atomic mass is 9.91. The summed E-state index contributed by atoms with van der Waals surface area (Å²) in [5.41, 5.74) is 5.41. The predicted molar refractivity (Wildman–Crippen MR) is 203 cm³/mol. The van der Waals surface area contributed by atoms with Crippen LogP contribution in [0.15, 0.2) is 58.1 Å². The van der Waals surface area contributed by atoms with Crippen LogP contribution in [0, 0.1) is 5.41 Å². The van der Waals surface area contributed by atoms with Gasteiger partial charge in [0.1, 0.15) is 36.9 Å². The molecule has 6 heterocycles. The molecule has 0 bridgehead atoms. The van der Waals surface area contributed by atoms with E-state index in [2.05, 4.69) is 36.8 Å². The fourth-order valence-electron chi connectivity index (χ4n) is 7.03. The van der Waals surface area contributed by atoms with Gasteiger partial charge < -0.3 is 38.3 Å². The summed E-state index contributed by atoms with van der Waals surface area (Å²) in [6.07, 6.45) is 3.33. The lowest BCUT2D eigenvalue weighted by Crippen LogP contribution is -2.34. The van der Waals surface area contributed by atoms with Crippen molar-refractivity contribution in [2.75, 3.05) is 59.5 Å². The molecule has 1 N–H and O–H groups in total. The summed E-state index contributed by atoms with van der Waals surface area (Å²) in [7, 11) is 0. The number of hydrogen-bond donors (Lipinski definition) is 1. The van der Waals surface area contributed by atoms with Crippen molar-refractivity contribution in [3.63, 3.8) is 0 Å². The first-order valence-electron chi connectivity index (χ1n) is 19.1. The fraction of sp³-hybridized carbons (Fsp3) is 0.512. The molecule has 2 aromatic carbocycles. The number of ether oxygens (including phenoxy) is 7. The van der Waals surface area contributed by atoms with Crippen LogP contribution in [0.25, 0.3) is 22.5 Å². The molecule has 4 aromatic rings. The number of phenolic OH excluding ortho intramolecular Hbond substituents is 1. The number of hydrogen-bond acceptors (Lipinski definition) is 12. The molecule has 8 rings (SSSR count). The number of fused-ring (bicyclic) bond motifs is 6. The van der Waals surface area contributed by atoms with E-state index in [1.165, 1.54) is 5.56 Å². The maximum Gasteiger partial charge on any atom is 0.351 e. The Morgan fingerprint density at radius 3 is 1.80 bits per heavy atom. The van der Waals surface area contributed by atoms with Crippen molar-refractivity contribution in [3.8, 4) is 45.8 Å². The van der Waals surface area contributed by atoms with Crippen molar-refractivity contribution in [3.05, 3.63) is 80.6 Å². The monoisotopic (exact) mass is 758 g/mol. The van der Waals surface area contributed by atoms with Gasteiger partial charge in [0.25, 0.3) is 0 Å². The zero-order chi connectivity index (χ0) is 38.4. The molecule has 0 unspecified atom stereocenters. The molecule has 4 aliphatic rings. The second kappa shape index (κ2) is 17.4. The Bertz CT molecular complexity index is 2060. The third-order valence-corrected chi connectivity index (χ3v) is 9.85. The van der Waals surface area contributed by atoms with E-state index in [0.717, 1.165) is 53.1 Å². The summed E-state index contributed by atoms with van der Waals surface area (Å²) < 4.78 is 42.6. The van der Waals surface area contributed by atoms with Crippen molar-refractivity contribution < 1.29 is 38.3 Å². The highest BCUT2D eigenvalue weighted by atomic mass is 16.6. The molecule has 0 aliphatic carbocycles. The van der Waals surface area contributed by atoms with E-state index in [1.54, 1.807) is 27.3 Å². The number of aryl methyl sites for hydroxylation is 2. The third-order valence-electron chi connectivity index (χ3n) is 9.85. The number of aromatic nitrogens is 4. The van der Waals surface area contributed by atoms with Crippen molar-refractivity contribution in [1.82, 2.24) is 19.1 Å². The zero-order valence-corrected chi connectivity index (χ0v) is 31.8. The summed E-state index contributed by atoms with van der Waals surface area (Å²) in [5, 5.41) is 9.64. The quantitative estimate of drug-likeness (QED) is 0.228. The summed E-state index contributed by atoms with van der Waals surface area (Å²) in [5.74, 6) is 1.70. The molecule has 14 heteroatoms. The van der Waals surface area contributed by atoms with Gasteiger partial charge in [0, 0.05) is 36.3 Å². The highest BCUT2D eigenvalue weighted by Crippen LogP contribution is 2.34. The predicted octanol–water partition coefficient (Wildman–Crippen LogP) is 4.43. The minimum atomic E-state index is -0.331. The number of benzene rings is 2. The molecule has 2 saturated heterocycles. The van der Waals surface area contributed by atoms with Gasteiger partial charge in [-0.15, -0.1) is 0 Å². The molecule has 2 fully saturated rings. The van der Waals surface area contributed by atoms with Gasteiger partial charge >= 0.3 is 11.4 Å². The SMILES string of the molecule is CC(C)(C)CCCOc1ccc2c(c1)CCn1c-2cc(OC[C@@H]2COCCO2)nc1=O.O=c1nc(OC[C@@H]2COCCO2)cc2n1CCc1cc(O)ccc1-2. The maximum atomic E-state index is 12.6. The van der Waals surface area contributed by atoms with Crippen LogP contribution >= 0.6 is 0 Å². The van der Waals surface area contributed by atoms with E-state index >= 15 is 0 Å². The molecule has 2 aromatic heterocycles. The second-order valence-electron chi connectivity index (χ2n) is 15.3. The van der Waals surface area contributed by atoms with Gasteiger partial charge in [-0.25, -0.2) is 9.59 Å². The van der Waals surface area contributed by atoms with Crippen LogP contribution in [0.3, 0.4) is 0 Å². The van der Waals surface area contributed by atoms with E-state index in [9.17, 15) is 14.7 Å². The lowest BCUT2D eigenvalue weighted by molar-refractivity contribution is -0.102. The highest BCUT2D eigenvalue weighted by Gasteiger charge is 2.23. The first kappa shape index (κ1) is 38.5. The average Bonchev–Trinajstić information content (AvgIpc) is 3.18. The number of aromatic hydroxyl groups is 1. The molecule has 0 amide bonds. The van der Waals surface area contributed by atoms with E-state index in [0.29, 0.717) is 90.3 Å². The van der Waals surface area contributed by atoms with Gasteiger partial charge in [-0.05, 0) is 78.6 Å². The Kier molecular flexibility index (Phi) is 12.2. The maximum absolute atomic E-state index is 12.6. The molecule has 4 aliphatic heterocycles. The fourth-order valence-corrected chi connectivity index (χ4v) is 7.03. The van der Waals surface area contributed by atoms with Crippen LogP contribution in [-0.4, -0.2) is 95.9 Å². The number of phenols is 1. The van der Waals surface area contributed by atoms with Gasteiger partial charge in [-0.1, -0.05) is 20.8 Å². The first-order valence-corrected chi connectivity index (χ1v) is 19.1. The van der Waals surface area contributed by atoms with Crippen LogP contribution in [0.4, 0.5) is 0 Å². The minimum Gasteiger partial charge on any atom is -0.508 e. The third kappa shape index (κ3) is 9.92. The van der Waals surface area contributed by atoms with E-state index in [4.69, 9.17) is 33.2 Å². The van der Waals surface area contributed by atoms with Crippen molar-refractivity contribution in [2.45, 2.75) is 71.8 Å². The Morgan fingerprint density at radius 1 is 0.727 bits per heavy atom. The molecular formula is C41H50N4O10. The van der Waals surface area contributed by atoms with Crippen LogP contribution in [0.2, 0.25) is 0 Å². The minimum absolute atomic E-state index is 0.139. The summed E-state index contributed by atoms with van der Waals surface area (Å²) in [6, 6.07) is 14.9. The van der Waals surface area contributed by atoms with E-state index < -0.39 is 0 Å². The summed E-state index contributed by atoms with van der Waals surface area (Å²) >= 11 is 0. The lowest BCUT2D eigenvalue weighted by Gasteiger charge is -2.24. The van der Waals surface area contributed by atoms with Gasteiger partial charge in [-0.3, -0.25) is 9.13 Å². The molecule has 55 heavy (non-hydrogen) atoms. The van der Waals surface area contributed by atoms with Crippen LogP contribution in [-0.2, 0) is 44.9 Å². The Balaban J connectivity index is 0.000000174. The van der Waals surface area contributed by atoms with E-state index in [1.807, 2.05) is 24.3 Å². The smallest absolute Gasteiger partial charge is 0.351 e. The Morgan fingerprint density at radius 2 is 1.27 bits per heavy atom. The molecule has 0 spiro atoms. The molecule has 14 nitrogen and oxygen atoms in total. The van der Waals surface area contributed by atoms with Gasteiger partial charge in [0.05, 0.1) is 57.6 Å². The van der Waals surface area contributed by atoms with Crippen LogP contribution in [0.5, 0.6) is 23.3 Å². The number of rotatable bonds is 10. The van der Waals surface area contributed by atoms with Crippen molar-refractivity contribution >= 4 is 0 Å². The average molecular weight is 759 g/mol. The Hall–Kier alpha value is -4.76. The molecular weight excluding hydrogens is 708 g/mol. The molecule has 0 saturated carbocycles. The van der Waals surface area contributed by atoms with Crippen LogP contribution < -0.4 is 25.6 Å². The van der Waals surface area contributed by atoms with Crippen molar-refractivity contribution in [1.29, 1.82) is 0 Å².